The van der Waals surface area contributed by atoms with Crippen LogP contribution < -0.4 is 10.6 Å². The third-order valence-corrected chi connectivity index (χ3v) is 6.33. The van der Waals surface area contributed by atoms with Crippen molar-refractivity contribution in [1.82, 2.24) is 15.5 Å². The second-order valence-corrected chi connectivity index (χ2v) is 8.31. The van der Waals surface area contributed by atoms with E-state index in [9.17, 15) is 13.2 Å². The number of hydrogen-bond donors (Lipinski definition) is 2. The van der Waals surface area contributed by atoms with Crippen LogP contribution in [0.2, 0.25) is 5.02 Å². The topological polar surface area (TPSA) is 90.9 Å². The number of sulfonamides is 1. The highest BCUT2D eigenvalue weighted by atomic mass is 35.5. The van der Waals surface area contributed by atoms with Gasteiger partial charge in [0.25, 0.3) is 10.0 Å². The number of benzene rings is 1. The maximum Gasteiger partial charge on any atom is 0.314 e. The number of halogens is 1. The van der Waals surface area contributed by atoms with Gasteiger partial charge in [0.05, 0.1) is 0 Å². The van der Waals surface area contributed by atoms with E-state index in [1.165, 1.54) is 0 Å². The second kappa shape index (κ2) is 7.28. The normalized spacial score (nSPS) is 20.1. The predicted octanol–water partition coefficient (Wildman–Crippen LogP) is 2.21. The van der Waals surface area contributed by atoms with Gasteiger partial charge in [0.2, 0.25) is 0 Å². The molecule has 1 saturated heterocycles. The Morgan fingerprint density at radius 2 is 1.85 bits per heavy atom. The lowest BCUT2D eigenvalue weighted by molar-refractivity contribution is 0.228. The summed E-state index contributed by atoms with van der Waals surface area (Å²) in [5, 5.41) is 5.98. The van der Waals surface area contributed by atoms with Crippen LogP contribution in [0.15, 0.2) is 34.2 Å². The van der Waals surface area contributed by atoms with E-state index in [0.717, 1.165) is 12.8 Å². The lowest BCUT2D eigenvalue weighted by Crippen LogP contribution is -2.48. The van der Waals surface area contributed by atoms with E-state index < -0.39 is 10.0 Å². The fourth-order valence-corrected chi connectivity index (χ4v) is 4.89. The zero-order chi connectivity index (χ0) is 18.9. The first-order valence-electron chi connectivity index (χ1n) is 8.37. The summed E-state index contributed by atoms with van der Waals surface area (Å²) >= 11 is 5.90. The highest BCUT2D eigenvalue weighted by molar-refractivity contribution is 8.00. The Labute approximate surface area is 158 Å². The Kier molecular flexibility index (Phi) is 5.24. The summed E-state index contributed by atoms with van der Waals surface area (Å²) in [5.41, 5.74) is 1.23. The lowest BCUT2D eigenvalue weighted by atomic mass is 10.0. The molecule has 0 radical (unpaired) electrons. The number of piperidine rings is 1. The van der Waals surface area contributed by atoms with Crippen molar-refractivity contribution in [2.75, 3.05) is 20.1 Å². The van der Waals surface area contributed by atoms with Crippen LogP contribution in [0.5, 0.6) is 0 Å². The average molecular weight is 397 g/mol. The van der Waals surface area contributed by atoms with Crippen LogP contribution >= 0.6 is 11.6 Å². The first-order chi connectivity index (χ1) is 12.3. The van der Waals surface area contributed by atoms with Gasteiger partial charge in [-0.1, -0.05) is 23.7 Å². The van der Waals surface area contributed by atoms with Gasteiger partial charge in [0.1, 0.15) is 10.7 Å². The number of urea groups is 1. The van der Waals surface area contributed by atoms with Crippen LogP contribution in [0.25, 0.3) is 4.91 Å². The molecular formula is C17H21ClN4O3S. The van der Waals surface area contributed by atoms with E-state index in [-0.39, 0.29) is 17.0 Å². The molecule has 26 heavy (non-hydrogen) atoms. The van der Waals surface area contributed by atoms with Crippen LogP contribution in [0.4, 0.5) is 4.79 Å². The molecule has 2 aliphatic heterocycles. The molecule has 2 amide bonds. The zero-order valence-electron chi connectivity index (χ0n) is 14.6. The number of hydrogen-bond acceptors (Lipinski definition) is 4. The van der Waals surface area contributed by atoms with Gasteiger partial charge in [-0.15, -0.1) is 4.40 Å². The first-order valence-corrected chi connectivity index (χ1v) is 10.2. The minimum Gasteiger partial charge on any atom is -0.356 e. The molecule has 140 valence electrons. The number of likely N-dealkylation sites (tertiary alicyclic amines) is 1. The van der Waals surface area contributed by atoms with E-state index in [2.05, 4.69) is 15.0 Å². The molecule has 1 fully saturated rings. The molecule has 0 aliphatic carbocycles. The van der Waals surface area contributed by atoms with Crippen LogP contribution in [-0.4, -0.2) is 51.4 Å². The van der Waals surface area contributed by atoms with Gasteiger partial charge in [0, 0.05) is 36.8 Å². The molecule has 2 aliphatic rings. The van der Waals surface area contributed by atoms with Crippen LogP contribution in [0.1, 0.15) is 25.3 Å². The molecule has 1 aromatic rings. The molecule has 0 aromatic heterocycles. The summed E-state index contributed by atoms with van der Waals surface area (Å²) in [4.78, 5) is 13.6. The van der Waals surface area contributed by atoms with Gasteiger partial charge < -0.3 is 15.5 Å². The van der Waals surface area contributed by atoms with E-state index in [4.69, 9.17) is 11.6 Å². The number of carbonyl (C=O) groups excluding carboxylic acids is 1. The smallest absolute Gasteiger partial charge is 0.314 e. The molecule has 0 saturated carbocycles. The minimum atomic E-state index is -3.73. The monoisotopic (exact) mass is 396 g/mol. The molecule has 2 N–H and O–H groups in total. The summed E-state index contributed by atoms with van der Waals surface area (Å²) in [6.45, 7) is 3.05. The van der Waals surface area contributed by atoms with Crippen molar-refractivity contribution in [3.63, 3.8) is 0 Å². The summed E-state index contributed by atoms with van der Waals surface area (Å²) in [5.74, 6) is 0.494. The first kappa shape index (κ1) is 18.7. The van der Waals surface area contributed by atoms with Crippen LogP contribution in [-0.2, 0) is 10.0 Å². The van der Waals surface area contributed by atoms with Gasteiger partial charge in [-0.3, -0.25) is 0 Å². The number of amides is 2. The molecule has 0 spiro atoms. The Bertz CT molecular complexity index is 870. The molecule has 0 atom stereocenters. The summed E-state index contributed by atoms with van der Waals surface area (Å²) < 4.78 is 29.2. The molecule has 3 rings (SSSR count). The fraction of sp³-hybridized carbons (Fsp3) is 0.412. The lowest BCUT2D eigenvalue weighted by Gasteiger charge is -2.33. The van der Waals surface area contributed by atoms with E-state index in [1.54, 1.807) is 38.2 Å². The van der Waals surface area contributed by atoms with E-state index in [1.807, 2.05) is 4.90 Å². The largest absolute Gasteiger partial charge is 0.356 e. The standard InChI is InChI=1S/C17H21ClN4O3S/c1-11-15(12-3-5-13(18)6-4-12)26(24,25)21-16(11)22-9-7-14(8-10-22)20-17(23)19-2/h3-6,14H,7-10H2,1-2H3,(H2,19,20,23). The van der Waals surface area contributed by atoms with Gasteiger partial charge >= 0.3 is 6.03 Å². The van der Waals surface area contributed by atoms with Gasteiger partial charge in [0.15, 0.2) is 0 Å². The third-order valence-electron chi connectivity index (χ3n) is 4.60. The van der Waals surface area contributed by atoms with Crippen molar-refractivity contribution in [3.05, 3.63) is 40.4 Å². The Hall–Kier alpha value is -2.06. The number of nitrogens with one attached hydrogen (secondary N) is 2. The van der Waals surface area contributed by atoms with Crippen molar-refractivity contribution >= 4 is 38.4 Å². The molecule has 0 bridgehead atoms. The molecule has 1 aromatic carbocycles. The molecular weight excluding hydrogens is 376 g/mol. The van der Waals surface area contributed by atoms with Crippen LogP contribution in [0, 0.1) is 0 Å². The van der Waals surface area contributed by atoms with Gasteiger partial charge in [-0.05, 0) is 37.5 Å². The van der Waals surface area contributed by atoms with Gasteiger partial charge in [-0.2, -0.15) is 8.42 Å². The van der Waals surface area contributed by atoms with Crippen molar-refractivity contribution in [2.24, 2.45) is 4.40 Å². The SMILES string of the molecule is CNC(=O)NC1CCN(C2=NS(=O)(=O)C(c3ccc(Cl)cc3)=C2C)CC1. The average Bonchev–Trinajstić information content (AvgIpc) is 2.86. The maximum atomic E-state index is 12.6. The minimum absolute atomic E-state index is 0.0739. The number of rotatable bonds is 2. The summed E-state index contributed by atoms with van der Waals surface area (Å²) in [7, 11) is -2.16. The van der Waals surface area contributed by atoms with Crippen molar-refractivity contribution < 1.29 is 13.2 Å². The summed E-state index contributed by atoms with van der Waals surface area (Å²) in [6.07, 6.45) is 1.46. The highest BCUT2D eigenvalue weighted by Crippen LogP contribution is 2.34. The number of carbonyl (C=O) groups is 1. The molecule has 0 unspecified atom stereocenters. The quantitative estimate of drug-likeness (QED) is 0.801. The Morgan fingerprint density at radius 3 is 2.42 bits per heavy atom. The predicted molar refractivity (Wildman–Crippen MR) is 103 cm³/mol. The number of amidine groups is 1. The zero-order valence-corrected chi connectivity index (χ0v) is 16.2. The second-order valence-electron chi connectivity index (χ2n) is 6.34. The van der Waals surface area contributed by atoms with Crippen molar-refractivity contribution in [3.8, 4) is 0 Å². The van der Waals surface area contributed by atoms with E-state index >= 15 is 0 Å². The molecule has 9 heteroatoms. The van der Waals surface area contributed by atoms with Crippen molar-refractivity contribution in [2.45, 2.75) is 25.8 Å². The van der Waals surface area contributed by atoms with Crippen molar-refractivity contribution in [1.29, 1.82) is 0 Å². The summed E-state index contributed by atoms with van der Waals surface area (Å²) in [6, 6.07) is 6.59. The Morgan fingerprint density at radius 1 is 1.23 bits per heavy atom. The third kappa shape index (κ3) is 3.71. The maximum absolute atomic E-state index is 12.6. The highest BCUT2D eigenvalue weighted by Gasteiger charge is 2.34. The number of nitrogens with zero attached hydrogens (tertiary/aromatic N) is 2. The van der Waals surface area contributed by atoms with Crippen LogP contribution in [0.3, 0.4) is 0 Å². The van der Waals surface area contributed by atoms with Gasteiger partial charge in [-0.25, -0.2) is 4.79 Å². The fourth-order valence-electron chi connectivity index (χ4n) is 3.28. The van der Waals surface area contributed by atoms with E-state index in [0.29, 0.717) is 35.1 Å². The Balaban J connectivity index is 1.79. The molecule has 2 heterocycles. The molecule has 7 nitrogen and oxygen atoms in total.